The Kier molecular flexibility index (Phi) is 3.46. The second-order valence-corrected chi connectivity index (χ2v) is 4.43. The van der Waals surface area contributed by atoms with E-state index in [4.69, 9.17) is 16.9 Å². The van der Waals surface area contributed by atoms with Gasteiger partial charge in [-0.2, -0.15) is 5.26 Å². The van der Waals surface area contributed by atoms with Gasteiger partial charge in [0.1, 0.15) is 0 Å². The van der Waals surface area contributed by atoms with Crippen LogP contribution in [-0.4, -0.2) is 0 Å². The fourth-order valence-electron chi connectivity index (χ4n) is 1.91. The molecule has 2 rings (SSSR count). The predicted molar refractivity (Wildman–Crippen MR) is 70.9 cm³/mol. The molecule has 84 valence electrons. The van der Waals surface area contributed by atoms with Crippen LogP contribution in [0.5, 0.6) is 0 Å². The van der Waals surface area contributed by atoms with E-state index in [1.807, 2.05) is 36.4 Å². The fourth-order valence-corrected chi connectivity index (χ4v) is 2.10. The highest BCUT2D eigenvalue weighted by Crippen LogP contribution is 2.26. The summed E-state index contributed by atoms with van der Waals surface area (Å²) >= 11 is 5.99. The van der Waals surface area contributed by atoms with Gasteiger partial charge in [-0.25, -0.2) is 0 Å². The topological polar surface area (TPSA) is 23.8 Å². The highest BCUT2D eigenvalue weighted by molar-refractivity contribution is 6.30. The molecule has 0 aliphatic carbocycles. The van der Waals surface area contributed by atoms with Crippen molar-refractivity contribution >= 4 is 11.6 Å². The summed E-state index contributed by atoms with van der Waals surface area (Å²) in [6.45, 7) is 2.05. The first-order valence-corrected chi connectivity index (χ1v) is 5.81. The minimum absolute atomic E-state index is 0.455. The van der Waals surface area contributed by atoms with Gasteiger partial charge in [0, 0.05) is 5.02 Å². The molecule has 0 atom stereocenters. The molecule has 17 heavy (non-hydrogen) atoms. The van der Waals surface area contributed by atoms with Gasteiger partial charge < -0.3 is 0 Å². The van der Waals surface area contributed by atoms with Crippen molar-refractivity contribution in [3.8, 4) is 17.2 Å². The van der Waals surface area contributed by atoms with Crippen molar-refractivity contribution in [3.63, 3.8) is 0 Å². The molecule has 1 nitrogen and oxygen atoms in total. The average molecular weight is 242 g/mol. The average Bonchev–Trinajstić information content (AvgIpc) is 2.29. The first-order valence-electron chi connectivity index (χ1n) is 5.43. The second-order valence-electron chi connectivity index (χ2n) is 3.99. The van der Waals surface area contributed by atoms with E-state index >= 15 is 0 Å². The van der Waals surface area contributed by atoms with Crippen LogP contribution in [0.2, 0.25) is 5.02 Å². The monoisotopic (exact) mass is 241 g/mol. The molecule has 0 N–H and O–H groups in total. The van der Waals surface area contributed by atoms with Crippen LogP contribution >= 0.6 is 11.6 Å². The summed E-state index contributed by atoms with van der Waals surface area (Å²) in [5.41, 5.74) is 4.49. The summed E-state index contributed by atoms with van der Waals surface area (Å²) in [5, 5.41) is 9.40. The lowest BCUT2D eigenvalue weighted by molar-refractivity contribution is 1.25. The number of hydrogen-bond acceptors (Lipinski definition) is 1. The van der Waals surface area contributed by atoms with Crippen LogP contribution in [0.3, 0.4) is 0 Å². The van der Waals surface area contributed by atoms with Crippen LogP contribution in [0.4, 0.5) is 0 Å². The Morgan fingerprint density at radius 1 is 1.18 bits per heavy atom. The lowest BCUT2D eigenvalue weighted by atomic mass is 9.98. The number of nitriles is 1. The third kappa shape index (κ3) is 2.67. The Balaban J connectivity index is 2.44. The Hall–Kier alpha value is -1.78. The van der Waals surface area contributed by atoms with Crippen molar-refractivity contribution in [2.45, 2.75) is 13.3 Å². The maximum atomic E-state index is 8.67. The number of nitrogens with zero attached hydrogens (tertiary/aromatic N) is 1. The van der Waals surface area contributed by atoms with Crippen molar-refractivity contribution < 1.29 is 0 Å². The maximum absolute atomic E-state index is 8.67. The van der Waals surface area contributed by atoms with Crippen molar-refractivity contribution in [1.82, 2.24) is 0 Å². The Morgan fingerprint density at radius 2 is 2.00 bits per heavy atom. The first kappa shape index (κ1) is 11.7. The number of benzene rings is 2. The molecular formula is C15H12ClN. The predicted octanol–water partition coefficient (Wildman–Crippen LogP) is 4.38. The van der Waals surface area contributed by atoms with E-state index in [1.54, 1.807) is 0 Å². The van der Waals surface area contributed by atoms with Gasteiger partial charge in [-0.05, 0) is 41.3 Å². The zero-order valence-electron chi connectivity index (χ0n) is 9.57. The lowest BCUT2D eigenvalue weighted by Crippen LogP contribution is -1.87. The summed E-state index contributed by atoms with van der Waals surface area (Å²) in [6.07, 6.45) is 0.455. The molecule has 0 saturated carbocycles. The molecule has 2 heteroatoms. The van der Waals surface area contributed by atoms with Crippen LogP contribution in [0.1, 0.15) is 11.1 Å². The number of rotatable bonds is 2. The minimum atomic E-state index is 0.455. The Bertz CT molecular complexity index is 582. The van der Waals surface area contributed by atoms with Crippen molar-refractivity contribution in [2.75, 3.05) is 0 Å². The van der Waals surface area contributed by atoms with Crippen molar-refractivity contribution in [2.24, 2.45) is 0 Å². The zero-order valence-corrected chi connectivity index (χ0v) is 10.3. The largest absolute Gasteiger partial charge is 0.198 e. The molecular weight excluding hydrogens is 230 g/mol. The lowest BCUT2D eigenvalue weighted by Gasteiger charge is -2.07. The molecule has 2 aromatic carbocycles. The molecule has 0 aliphatic heterocycles. The molecule has 0 fully saturated rings. The summed E-state index contributed by atoms with van der Waals surface area (Å²) in [4.78, 5) is 0. The molecule has 0 unspecified atom stereocenters. The van der Waals surface area contributed by atoms with Gasteiger partial charge in [-0.3, -0.25) is 0 Å². The van der Waals surface area contributed by atoms with Gasteiger partial charge in [0.05, 0.1) is 12.5 Å². The third-order valence-electron chi connectivity index (χ3n) is 2.71. The van der Waals surface area contributed by atoms with Gasteiger partial charge in [0.25, 0.3) is 0 Å². The van der Waals surface area contributed by atoms with E-state index < -0.39 is 0 Å². The van der Waals surface area contributed by atoms with Gasteiger partial charge in [-0.1, -0.05) is 41.9 Å². The standard InChI is InChI=1S/C15H12ClN/c1-11-9-12(7-8-17)5-6-15(11)13-3-2-4-14(16)10-13/h2-6,9-10H,7H2,1H3. The van der Waals surface area contributed by atoms with Gasteiger partial charge in [-0.15, -0.1) is 0 Å². The molecule has 0 amide bonds. The smallest absolute Gasteiger partial charge is 0.0669 e. The Labute approximate surface area is 106 Å². The molecule has 2 aromatic rings. The van der Waals surface area contributed by atoms with Crippen molar-refractivity contribution in [3.05, 3.63) is 58.6 Å². The number of aryl methyl sites for hydroxylation is 1. The summed E-state index contributed by atoms with van der Waals surface area (Å²) < 4.78 is 0. The summed E-state index contributed by atoms with van der Waals surface area (Å²) in [5.74, 6) is 0. The molecule has 0 aromatic heterocycles. The molecule has 0 spiro atoms. The Morgan fingerprint density at radius 3 is 2.65 bits per heavy atom. The third-order valence-corrected chi connectivity index (χ3v) is 2.94. The van der Waals surface area contributed by atoms with Crippen LogP contribution in [0.15, 0.2) is 42.5 Å². The minimum Gasteiger partial charge on any atom is -0.198 e. The zero-order chi connectivity index (χ0) is 12.3. The quantitative estimate of drug-likeness (QED) is 0.765. The SMILES string of the molecule is Cc1cc(CC#N)ccc1-c1cccc(Cl)c1. The van der Waals surface area contributed by atoms with Crippen LogP contribution in [0.25, 0.3) is 11.1 Å². The normalized spacial score (nSPS) is 9.94. The molecule has 0 bridgehead atoms. The van der Waals surface area contributed by atoms with Crippen LogP contribution in [0, 0.1) is 18.3 Å². The van der Waals surface area contributed by atoms with E-state index in [-0.39, 0.29) is 0 Å². The summed E-state index contributed by atoms with van der Waals surface area (Å²) in [7, 11) is 0. The van der Waals surface area contributed by atoms with E-state index in [2.05, 4.69) is 19.1 Å². The van der Waals surface area contributed by atoms with E-state index in [1.165, 1.54) is 5.56 Å². The molecule has 0 aliphatic rings. The second kappa shape index (κ2) is 5.03. The van der Waals surface area contributed by atoms with Crippen molar-refractivity contribution in [1.29, 1.82) is 5.26 Å². The first-order chi connectivity index (χ1) is 8.20. The number of halogens is 1. The number of hydrogen-bond donors (Lipinski definition) is 0. The van der Waals surface area contributed by atoms with Gasteiger partial charge in [0.2, 0.25) is 0 Å². The van der Waals surface area contributed by atoms with Gasteiger partial charge in [0.15, 0.2) is 0 Å². The molecule has 0 heterocycles. The molecule has 0 saturated heterocycles. The van der Waals surface area contributed by atoms with E-state index in [0.29, 0.717) is 6.42 Å². The van der Waals surface area contributed by atoms with Crippen LogP contribution in [-0.2, 0) is 6.42 Å². The fraction of sp³-hybridized carbons (Fsp3) is 0.133. The summed E-state index contributed by atoms with van der Waals surface area (Å²) in [6, 6.07) is 16.1. The maximum Gasteiger partial charge on any atom is 0.0669 e. The highest BCUT2D eigenvalue weighted by Gasteiger charge is 2.03. The van der Waals surface area contributed by atoms with E-state index in [9.17, 15) is 0 Å². The molecule has 0 radical (unpaired) electrons. The van der Waals surface area contributed by atoms with Gasteiger partial charge >= 0.3 is 0 Å². The highest BCUT2D eigenvalue weighted by atomic mass is 35.5. The van der Waals surface area contributed by atoms with Crippen LogP contribution < -0.4 is 0 Å². The van der Waals surface area contributed by atoms with E-state index in [0.717, 1.165) is 21.7 Å².